The van der Waals surface area contributed by atoms with Crippen LogP contribution >= 0.6 is 11.5 Å². The van der Waals surface area contributed by atoms with E-state index in [4.69, 9.17) is 0 Å². The van der Waals surface area contributed by atoms with Gasteiger partial charge in [0.15, 0.2) is 0 Å². The summed E-state index contributed by atoms with van der Waals surface area (Å²) in [6, 6.07) is 0. The Bertz CT molecular complexity index is 294. The third-order valence-corrected chi connectivity index (χ3v) is 1.83. The molecule has 0 unspecified atom stereocenters. The van der Waals surface area contributed by atoms with E-state index in [9.17, 15) is 9.59 Å². The standard InChI is InChI=1S/C4H6N2O2S/c1-2-6-3(7)5-4(8)9-6/h2H2,1H3,(H,5,7,8). The summed E-state index contributed by atoms with van der Waals surface area (Å²) in [4.78, 5) is 22.8. The van der Waals surface area contributed by atoms with Crippen molar-refractivity contribution in [1.29, 1.82) is 0 Å². The van der Waals surface area contributed by atoms with E-state index in [0.29, 0.717) is 6.54 Å². The molecular formula is C4H6N2O2S. The zero-order valence-corrected chi connectivity index (χ0v) is 5.70. The number of aromatic nitrogens is 2. The number of H-pyrrole nitrogens is 1. The monoisotopic (exact) mass is 146 g/mol. The van der Waals surface area contributed by atoms with Gasteiger partial charge in [-0.05, 0) is 6.92 Å². The zero-order chi connectivity index (χ0) is 6.85. The highest BCUT2D eigenvalue weighted by Crippen LogP contribution is 1.79. The number of hydrogen-bond donors (Lipinski definition) is 1. The second-order valence-corrected chi connectivity index (χ2v) is 2.50. The van der Waals surface area contributed by atoms with Gasteiger partial charge in [-0.25, -0.2) is 8.75 Å². The summed E-state index contributed by atoms with van der Waals surface area (Å²) < 4.78 is 1.36. The summed E-state index contributed by atoms with van der Waals surface area (Å²) in [6.45, 7) is 2.37. The third kappa shape index (κ3) is 1.10. The number of hydrogen-bond acceptors (Lipinski definition) is 3. The summed E-state index contributed by atoms with van der Waals surface area (Å²) in [6.07, 6.45) is 0. The van der Waals surface area contributed by atoms with E-state index in [-0.39, 0.29) is 10.6 Å². The van der Waals surface area contributed by atoms with Crippen molar-refractivity contribution in [2.45, 2.75) is 13.5 Å². The highest BCUT2D eigenvalue weighted by atomic mass is 32.1. The average Bonchev–Trinajstić information content (AvgIpc) is 2.10. The molecule has 0 atom stereocenters. The topological polar surface area (TPSA) is 54.9 Å². The van der Waals surface area contributed by atoms with Crippen LogP contribution in [0.5, 0.6) is 0 Å². The van der Waals surface area contributed by atoms with E-state index in [0.717, 1.165) is 11.5 Å². The number of nitrogens with zero attached hydrogens (tertiary/aromatic N) is 1. The molecule has 1 aromatic rings. The molecule has 5 heteroatoms. The van der Waals surface area contributed by atoms with Gasteiger partial charge in [-0.3, -0.25) is 9.78 Å². The van der Waals surface area contributed by atoms with Crippen molar-refractivity contribution in [3.8, 4) is 0 Å². The van der Waals surface area contributed by atoms with Crippen LogP contribution in [0.2, 0.25) is 0 Å². The van der Waals surface area contributed by atoms with Gasteiger partial charge in [0.2, 0.25) is 0 Å². The van der Waals surface area contributed by atoms with Gasteiger partial charge in [0, 0.05) is 18.1 Å². The van der Waals surface area contributed by atoms with Gasteiger partial charge >= 0.3 is 10.6 Å². The number of nitrogens with one attached hydrogen (secondary N) is 1. The molecule has 0 aliphatic heterocycles. The molecule has 0 bridgehead atoms. The van der Waals surface area contributed by atoms with E-state index >= 15 is 0 Å². The van der Waals surface area contributed by atoms with Crippen molar-refractivity contribution in [3.05, 3.63) is 20.2 Å². The van der Waals surface area contributed by atoms with Gasteiger partial charge in [-0.1, -0.05) is 0 Å². The lowest BCUT2D eigenvalue weighted by Gasteiger charge is -1.84. The molecule has 0 amide bonds. The van der Waals surface area contributed by atoms with Crippen LogP contribution in [0.25, 0.3) is 0 Å². The fourth-order valence-electron chi connectivity index (χ4n) is 0.522. The molecule has 0 aliphatic carbocycles. The molecule has 0 aliphatic rings. The minimum Gasteiger partial charge on any atom is -0.263 e. The normalized spacial score (nSPS) is 9.89. The molecule has 9 heavy (non-hydrogen) atoms. The van der Waals surface area contributed by atoms with Crippen molar-refractivity contribution in [2.75, 3.05) is 0 Å². The van der Waals surface area contributed by atoms with Crippen LogP contribution in [0.4, 0.5) is 0 Å². The van der Waals surface area contributed by atoms with Gasteiger partial charge in [-0.15, -0.1) is 0 Å². The quantitative estimate of drug-likeness (QED) is 0.587. The van der Waals surface area contributed by atoms with E-state index in [1.807, 2.05) is 6.92 Å². The van der Waals surface area contributed by atoms with Crippen molar-refractivity contribution in [1.82, 2.24) is 8.94 Å². The highest BCUT2D eigenvalue weighted by Gasteiger charge is 1.94. The minimum absolute atomic E-state index is 0.290. The van der Waals surface area contributed by atoms with Gasteiger partial charge in [0.05, 0.1) is 0 Å². The first kappa shape index (κ1) is 6.28. The molecule has 4 nitrogen and oxygen atoms in total. The van der Waals surface area contributed by atoms with Crippen LogP contribution in [0.1, 0.15) is 6.92 Å². The van der Waals surface area contributed by atoms with Crippen molar-refractivity contribution in [2.24, 2.45) is 0 Å². The molecule has 0 saturated carbocycles. The Morgan fingerprint density at radius 1 is 1.67 bits per heavy atom. The maximum Gasteiger partial charge on any atom is 0.338 e. The lowest BCUT2D eigenvalue weighted by atomic mass is 10.8. The zero-order valence-electron chi connectivity index (χ0n) is 4.88. The summed E-state index contributed by atoms with van der Waals surface area (Å²) in [5.41, 5.74) is -0.312. The Kier molecular flexibility index (Phi) is 1.52. The molecule has 1 heterocycles. The molecule has 50 valence electrons. The molecule has 0 spiro atoms. The highest BCUT2D eigenvalue weighted by molar-refractivity contribution is 7.03. The van der Waals surface area contributed by atoms with Crippen molar-refractivity contribution < 1.29 is 0 Å². The fraction of sp³-hybridized carbons (Fsp3) is 0.500. The molecule has 0 aromatic carbocycles. The van der Waals surface area contributed by atoms with Crippen LogP contribution in [0, 0.1) is 0 Å². The molecule has 1 rings (SSSR count). The van der Waals surface area contributed by atoms with Crippen molar-refractivity contribution in [3.63, 3.8) is 0 Å². The van der Waals surface area contributed by atoms with Gasteiger partial charge in [-0.2, -0.15) is 0 Å². The summed E-state index contributed by atoms with van der Waals surface area (Å²) in [5.74, 6) is 0. The maximum atomic E-state index is 10.6. The Morgan fingerprint density at radius 2 is 2.33 bits per heavy atom. The molecule has 0 radical (unpaired) electrons. The summed E-state index contributed by atoms with van der Waals surface area (Å²) in [7, 11) is 0. The largest absolute Gasteiger partial charge is 0.338 e. The Morgan fingerprint density at radius 3 is 2.56 bits per heavy atom. The lowest BCUT2D eigenvalue weighted by molar-refractivity contribution is 0.787. The van der Waals surface area contributed by atoms with Crippen LogP contribution < -0.4 is 10.6 Å². The first-order chi connectivity index (χ1) is 4.24. The van der Waals surface area contributed by atoms with Crippen molar-refractivity contribution >= 4 is 11.5 Å². The second-order valence-electron chi connectivity index (χ2n) is 1.50. The molecule has 1 N–H and O–H groups in total. The van der Waals surface area contributed by atoms with Crippen LogP contribution in [-0.2, 0) is 6.54 Å². The predicted molar refractivity (Wildman–Crippen MR) is 34.9 cm³/mol. The van der Waals surface area contributed by atoms with Gasteiger partial charge < -0.3 is 0 Å². The third-order valence-electron chi connectivity index (χ3n) is 0.916. The fourth-order valence-corrected chi connectivity index (χ4v) is 1.11. The van der Waals surface area contributed by atoms with E-state index in [1.54, 1.807) is 0 Å². The molecule has 1 aromatic heterocycles. The Balaban J connectivity index is 3.33. The average molecular weight is 146 g/mol. The van der Waals surface area contributed by atoms with Crippen LogP contribution in [0.3, 0.4) is 0 Å². The van der Waals surface area contributed by atoms with Gasteiger partial charge in [0.1, 0.15) is 0 Å². The summed E-state index contributed by atoms with van der Waals surface area (Å²) in [5, 5.41) is 0. The summed E-state index contributed by atoms with van der Waals surface area (Å²) >= 11 is 0.907. The van der Waals surface area contributed by atoms with E-state index in [1.165, 1.54) is 3.96 Å². The Labute approximate surface area is 54.9 Å². The smallest absolute Gasteiger partial charge is 0.263 e. The second kappa shape index (κ2) is 2.18. The lowest BCUT2D eigenvalue weighted by Crippen LogP contribution is -2.14. The number of rotatable bonds is 1. The van der Waals surface area contributed by atoms with Gasteiger partial charge in [0.25, 0.3) is 0 Å². The minimum atomic E-state index is -0.312. The molecule has 0 saturated heterocycles. The first-order valence-electron chi connectivity index (χ1n) is 2.54. The first-order valence-corrected chi connectivity index (χ1v) is 3.32. The number of aryl methyl sites for hydroxylation is 1. The van der Waals surface area contributed by atoms with E-state index < -0.39 is 0 Å². The predicted octanol–water partition coefficient (Wildman–Crippen LogP) is -0.382. The number of aromatic amines is 1. The Hall–Kier alpha value is -0.840. The van der Waals surface area contributed by atoms with Crippen LogP contribution in [-0.4, -0.2) is 8.94 Å². The maximum absolute atomic E-state index is 10.6. The van der Waals surface area contributed by atoms with Crippen LogP contribution in [0.15, 0.2) is 9.59 Å². The van der Waals surface area contributed by atoms with E-state index in [2.05, 4.69) is 4.98 Å². The molecule has 0 fully saturated rings. The SMILES string of the molecule is CCn1sc(=O)[nH]c1=O. The molecular weight excluding hydrogens is 140 g/mol.